The van der Waals surface area contributed by atoms with E-state index in [0.29, 0.717) is 13.0 Å². The topological polar surface area (TPSA) is 81.5 Å². The Morgan fingerprint density at radius 3 is 2.56 bits per heavy atom. The van der Waals surface area contributed by atoms with E-state index in [-0.39, 0.29) is 23.7 Å². The van der Waals surface area contributed by atoms with E-state index >= 15 is 0 Å². The normalized spacial score (nSPS) is 10.3. The van der Waals surface area contributed by atoms with Gasteiger partial charge in [0.2, 0.25) is 5.91 Å². The van der Waals surface area contributed by atoms with Crippen molar-refractivity contribution in [1.82, 2.24) is 0 Å². The van der Waals surface area contributed by atoms with Crippen molar-refractivity contribution in [3.63, 3.8) is 0 Å². The molecular formula is C19H22N2O4. The van der Waals surface area contributed by atoms with Crippen molar-refractivity contribution in [2.45, 2.75) is 32.6 Å². The average molecular weight is 342 g/mol. The first-order valence-corrected chi connectivity index (χ1v) is 8.35. The third-order valence-corrected chi connectivity index (χ3v) is 3.65. The molecule has 2 aromatic carbocycles. The summed E-state index contributed by atoms with van der Waals surface area (Å²) >= 11 is 0. The van der Waals surface area contributed by atoms with Crippen LogP contribution in [0.5, 0.6) is 5.75 Å². The van der Waals surface area contributed by atoms with Crippen molar-refractivity contribution in [1.29, 1.82) is 0 Å². The summed E-state index contributed by atoms with van der Waals surface area (Å²) in [5.41, 5.74) is 1.38. The van der Waals surface area contributed by atoms with Crippen LogP contribution in [0.3, 0.4) is 0 Å². The third kappa shape index (κ3) is 5.91. The van der Waals surface area contributed by atoms with Crippen LogP contribution in [-0.2, 0) is 11.2 Å². The van der Waals surface area contributed by atoms with Gasteiger partial charge in [0.1, 0.15) is 11.4 Å². The number of benzene rings is 2. The zero-order chi connectivity index (χ0) is 18.1. The van der Waals surface area contributed by atoms with Crippen molar-refractivity contribution >= 4 is 17.3 Å². The lowest BCUT2D eigenvalue weighted by molar-refractivity contribution is -0.383. The smallest absolute Gasteiger partial charge is 0.292 e. The van der Waals surface area contributed by atoms with E-state index in [1.54, 1.807) is 12.1 Å². The second-order valence-corrected chi connectivity index (χ2v) is 5.67. The molecule has 2 aromatic rings. The maximum Gasteiger partial charge on any atom is 0.292 e. The highest BCUT2D eigenvalue weighted by molar-refractivity contribution is 5.92. The van der Waals surface area contributed by atoms with Crippen LogP contribution in [0.4, 0.5) is 11.4 Å². The molecule has 25 heavy (non-hydrogen) atoms. The van der Waals surface area contributed by atoms with Gasteiger partial charge < -0.3 is 10.1 Å². The molecule has 0 heterocycles. The number of rotatable bonds is 9. The van der Waals surface area contributed by atoms with Gasteiger partial charge in [0.05, 0.1) is 11.5 Å². The lowest BCUT2D eigenvalue weighted by Crippen LogP contribution is -2.13. The summed E-state index contributed by atoms with van der Waals surface area (Å²) in [7, 11) is 0. The number of para-hydroxylation sites is 2. The van der Waals surface area contributed by atoms with E-state index in [1.165, 1.54) is 17.7 Å². The fourth-order valence-electron chi connectivity index (χ4n) is 2.42. The molecule has 0 radical (unpaired) electrons. The van der Waals surface area contributed by atoms with Crippen LogP contribution in [0.2, 0.25) is 0 Å². The summed E-state index contributed by atoms with van der Waals surface area (Å²) in [6.07, 6.45) is 2.92. The Morgan fingerprint density at radius 2 is 1.88 bits per heavy atom. The van der Waals surface area contributed by atoms with Crippen molar-refractivity contribution in [2.24, 2.45) is 0 Å². The molecule has 6 heteroatoms. The van der Waals surface area contributed by atoms with Crippen LogP contribution in [0.1, 0.15) is 31.7 Å². The predicted molar refractivity (Wildman–Crippen MR) is 96.9 cm³/mol. The molecule has 0 saturated carbocycles. The highest BCUT2D eigenvalue weighted by Crippen LogP contribution is 2.23. The van der Waals surface area contributed by atoms with E-state index in [1.807, 2.05) is 24.3 Å². The van der Waals surface area contributed by atoms with E-state index < -0.39 is 4.92 Å². The number of hydrogen-bond donors (Lipinski definition) is 1. The Kier molecular flexibility index (Phi) is 6.95. The van der Waals surface area contributed by atoms with E-state index in [9.17, 15) is 14.9 Å². The van der Waals surface area contributed by atoms with Crippen LogP contribution in [-0.4, -0.2) is 17.4 Å². The molecule has 0 spiro atoms. The van der Waals surface area contributed by atoms with Gasteiger partial charge in [-0.15, -0.1) is 0 Å². The molecular weight excluding hydrogens is 320 g/mol. The number of nitro groups is 1. The summed E-state index contributed by atoms with van der Waals surface area (Å²) in [5.74, 6) is 0.509. The Morgan fingerprint density at radius 1 is 1.16 bits per heavy atom. The van der Waals surface area contributed by atoms with E-state index in [2.05, 4.69) is 12.2 Å². The number of nitrogens with zero attached hydrogens (tertiary/aromatic N) is 1. The van der Waals surface area contributed by atoms with Crippen LogP contribution < -0.4 is 10.1 Å². The maximum absolute atomic E-state index is 11.9. The van der Waals surface area contributed by atoms with Gasteiger partial charge >= 0.3 is 0 Å². The van der Waals surface area contributed by atoms with Gasteiger partial charge in [-0.1, -0.05) is 37.6 Å². The van der Waals surface area contributed by atoms with Crippen LogP contribution in [0.15, 0.2) is 48.5 Å². The van der Waals surface area contributed by atoms with Gasteiger partial charge in [0.15, 0.2) is 0 Å². The number of carbonyl (C=O) groups is 1. The molecule has 2 rings (SSSR count). The third-order valence-electron chi connectivity index (χ3n) is 3.65. The molecule has 0 aromatic heterocycles. The zero-order valence-corrected chi connectivity index (χ0v) is 14.2. The Bertz CT molecular complexity index is 714. The Labute approximate surface area is 147 Å². The zero-order valence-electron chi connectivity index (χ0n) is 14.2. The highest BCUT2D eigenvalue weighted by atomic mass is 16.6. The van der Waals surface area contributed by atoms with Gasteiger partial charge in [-0.25, -0.2) is 0 Å². The van der Waals surface area contributed by atoms with Crippen LogP contribution in [0.25, 0.3) is 0 Å². The van der Waals surface area contributed by atoms with Crippen molar-refractivity contribution in [3.05, 3.63) is 64.2 Å². The number of hydrogen-bond acceptors (Lipinski definition) is 4. The molecule has 6 nitrogen and oxygen atoms in total. The summed E-state index contributed by atoms with van der Waals surface area (Å²) in [6.45, 7) is 2.55. The van der Waals surface area contributed by atoms with Crippen molar-refractivity contribution < 1.29 is 14.5 Å². The number of nitrogens with one attached hydrogen (secondary N) is 1. The molecule has 0 saturated heterocycles. The quantitative estimate of drug-likeness (QED) is 0.417. The average Bonchev–Trinajstić information content (AvgIpc) is 2.60. The summed E-state index contributed by atoms with van der Waals surface area (Å²) in [5, 5.41) is 13.5. The number of amides is 1. The molecule has 0 fully saturated rings. The molecule has 1 N–H and O–H groups in total. The molecule has 0 bridgehead atoms. The van der Waals surface area contributed by atoms with Crippen molar-refractivity contribution in [2.75, 3.05) is 11.9 Å². The molecule has 0 atom stereocenters. The predicted octanol–water partition coefficient (Wildman–Crippen LogP) is 4.35. The lowest BCUT2D eigenvalue weighted by Gasteiger charge is -2.08. The van der Waals surface area contributed by atoms with Gasteiger partial charge in [-0.05, 0) is 36.6 Å². The Hall–Kier alpha value is -2.89. The number of aryl methyl sites for hydroxylation is 1. The Balaban J connectivity index is 1.75. The molecule has 0 aliphatic heterocycles. The number of ether oxygens (including phenoxy) is 1. The lowest BCUT2D eigenvalue weighted by atomic mass is 10.1. The molecule has 0 aliphatic carbocycles. The summed E-state index contributed by atoms with van der Waals surface area (Å²) < 4.78 is 5.61. The van der Waals surface area contributed by atoms with Gasteiger partial charge in [0.25, 0.3) is 5.69 Å². The minimum Gasteiger partial charge on any atom is -0.494 e. The fourth-order valence-corrected chi connectivity index (χ4v) is 2.42. The molecule has 132 valence electrons. The first-order chi connectivity index (χ1) is 12.1. The first-order valence-electron chi connectivity index (χ1n) is 8.35. The molecule has 0 aliphatic rings. The number of carbonyl (C=O) groups excluding carboxylic acids is 1. The second-order valence-electron chi connectivity index (χ2n) is 5.67. The van der Waals surface area contributed by atoms with Crippen molar-refractivity contribution in [3.8, 4) is 5.75 Å². The second kappa shape index (κ2) is 9.42. The maximum atomic E-state index is 11.9. The number of nitro benzene ring substituents is 1. The number of anilines is 1. The molecule has 1 amide bonds. The van der Waals surface area contributed by atoms with Crippen LogP contribution in [0, 0.1) is 10.1 Å². The van der Waals surface area contributed by atoms with E-state index in [0.717, 1.165) is 18.6 Å². The van der Waals surface area contributed by atoms with Crippen LogP contribution >= 0.6 is 0 Å². The monoisotopic (exact) mass is 342 g/mol. The van der Waals surface area contributed by atoms with Gasteiger partial charge in [-0.3, -0.25) is 14.9 Å². The van der Waals surface area contributed by atoms with Gasteiger partial charge in [-0.2, -0.15) is 0 Å². The minimum atomic E-state index is -0.513. The largest absolute Gasteiger partial charge is 0.494 e. The standard InChI is InChI=1S/C19H22N2O4/c1-2-6-15-10-12-16(13-11-15)25-14-5-9-19(22)20-17-7-3-4-8-18(17)21(23)24/h3-4,7-8,10-13H,2,5-6,9,14H2,1H3,(H,20,22). The van der Waals surface area contributed by atoms with Gasteiger partial charge in [0, 0.05) is 12.5 Å². The highest BCUT2D eigenvalue weighted by Gasteiger charge is 2.14. The van der Waals surface area contributed by atoms with E-state index in [4.69, 9.17) is 4.74 Å². The molecule has 0 unspecified atom stereocenters. The summed E-state index contributed by atoms with van der Waals surface area (Å²) in [4.78, 5) is 22.3. The minimum absolute atomic E-state index is 0.112. The first kappa shape index (κ1) is 18.4. The fraction of sp³-hybridized carbons (Fsp3) is 0.316. The SMILES string of the molecule is CCCc1ccc(OCCCC(=O)Nc2ccccc2[N+](=O)[O-])cc1. The summed E-state index contributed by atoms with van der Waals surface area (Å²) in [6, 6.07) is 14.0.